The molecule has 0 nitrogen and oxygen atoms in total. The molecule has 0 heterocycles. The van der Waals surface area contributed by atoms with Gasteiger partial charge in [-0.3, -0.25) is 0 Å². The first-order chi connectivity index (χ1) is 7.00. The van der Waals surface area contributed by atoms with Gasteiger partial charge in [0.05, 0.1) is 0 Å². The van der Waals surface area contributed by atoms with Crippen LogP contribution in [0.15, 0.2) is 0 Å². The molecule has 0 rings (SSSR count). The van der Waals surface area contributed by atoms with Gasteiger partial charge in [0.1, 0.15) is 0 Å². The molecule has 0 saturated heterocycles. The van der Waals surface area contributed by atoms with Crippen molar-refractivity contribution in [2.75, 3.05) is 0 Å². The van der Waals surface area contributed by atoms with Crippen LogP contribution in [0.3, 0.4) is 0 Å². The van der Waals surface area contributed by atoms with E-state index in [2.05, 4.69) is 73.8 Å². The predicted octanol–water partition coefficient (Wildman–Crippen LogP) is 5.70. The summed E-state index contributed by atoms with van der Waals surface area (Å²) >= 11 is -3.40. The summed E-state index contributed by atoms with van der Waals surface area (Å²) in [7, 11) is -2.23. The van der Waals surface area contributed by atoms with Gasteiger partial charge in [0, 0.05) is 0 Å². The van der Waals surface area contributed by atoms with E-state index in [-0.39, 0.29) is 0 Å². The van der Waals surface area contributed by atoms with Gasteiger partial charge in [-0.15, -0.1) is 0 Å². The molecule has 0 fully saturated rings. The Morgan fingerprint density at radius 3 is 0.706 bits per heavy atom. The van der Waals surface area contributed by atoms with Gasteiger partial charge < -0.3 is 0 Å². The SMILES string of the molecule is C[Si](C)(C)[C]([Si](C)(C)C)([Ge]([CH3])([CH3])[CH3])[Ge]([CH3])([CH3])[CH3]. The summed E-state index contributed by atoms with van der Waals surface area (Å²) in [6.45, 7) is 16.1. The van der Waals surface area contributed by atoms with E-state index < -0.39 is 42.7 Å². The van der Waals surface area contributed by atoms with E-state index in [0.29, 0.717) is 0 Å². The Balaban J connectivity index is 6.37. The first-order valence-electron chi connectivity index (χ1n) is 7.00. The maximum absolute atomic E-state index is 2.72. The number of hydrogen-bond acceptors (Lipinski definition) is 0. The third-order valence-electron chi connectivity index (χ3n) is 4.50. The molecule has 0 bridgehead atoms. The van der Waals surface area contributed by atoms with Crippen molar-refractivity contribution in [1.29, 1.82) is 0 Å². The summed E-state index contributed by atoms with van der Waals surface area (Å²) in [5.74, 6) is 16.3. The third-order valence-corrected chi connectivity index (χ3v) is 73.8. The number of rotatable bonds is 4. The van der Waals surface area contributed by atoms with Gasteiger partial charge in [-0.2, -0.15) is 0 Å². The van der Waals surface area contributed by atoms with Crippen molar-refractivity contribution in [3.8, 4) is 0 Å². The van der Waals surface area contributed by atoms with Crippen LogP contribution in [-0.4, -0.2) is 42.7 Å². The minimum atomic E-state index is -1.70. The quantitative estimate of drug-likeness (QED) is 0.538. The molecule has 104 valence electrons. The van der Waals surface area contributed by atoms with E-state index >= 15 is 0 Å². The van der Waals surface area contributed by atoms with Crippen LogP contribution in [0, 0.1) is 0 Å². The van der Waals surface area contributed by atoms with Gasteiger partial charge in [0.15, 0.2) is 0 Å². The summed E-state index contributed by atoms with van der Waals surface area (Å²) in [6.07, 6.45) is 0. The fourth-order valence-corrected chi connectivity index (χ4v) is 111. The van der Waals surface area contributed by atoms with Gasteiger partial charge in [-0.05, 0) is 0 Å². The Labute approximate surface area is 118 Å². The van der Waals surface area contributed by atoms with E-state index in [9.17, 15) is 0 Å². The van der Waals surface area contributed by atoms with E-state index in [1.807, 2.05) is 0 Å². The second-order valence-corrected chi connectivity index (χ2v) is 49.2. The van der Waals surface area contributed by atoms with Gasteiger partial charge in [0.25, 0.3) is 0 Å². The van der Waals surface area contributed by atoms with E-state index in [0.717, 1.165) is 2.33 Å². The van der Waals surface area contributed by atoms with Crippen LogP contribution in [0.2, 0.25) is 76.1 Å². The van der Waals surface area contributed by atoms with Crippen LogP contribution >= 0.6 is 0 Å². The molecular formula is C13H36Ge2Si2. The van der Waals surface area contributed by atoms with Crippen molar-refractivity contribution in [2.24, 2.45) is 0 Å². The van der Waals surface area contributed by atoms with Crippen molar-refractivity contribution < 1.29 is 0 Å². The summed E-state index contributed by atoms with van der Waals surface area (Å²) in [5.41, 5.74) is 0. The normalized spacial score (nSPS) is 16.2. The second-order valence-electron chi connectivity index (χ2n) is 9.75. The van der Waals surface area contributed by atoms with Crippen LogP contribution in [0.4, 0.5) is 0 Å². The van der Waals surface area contributed by atoms with Gasteiger partial charge in [-0.25, -0.2) is 0 Å². The summed E-state index contributed by atoms with van der Waals surface area (Å²) in [4.78, 5) is 0. The molecule has 0 aliphatic rings. The maximum atomic E-state index is 2.72. The van der Waals surface area contributed by atoms with Crippen LogP contribution < -0.4 is 0 Å². The topological polar surface area (TPSA) is 0 Å². The van der Waals surface area contributed by atoms with Gasteiger partial charge >= 0.3 is 119 Å². The molecule has 0 aliphatic carbocycles. The molecular weight excluding hydrogens is 358 g/mol. The molecule has 0 aromatic rings. The Morgan fingerprint density at radius 2 is 0.706 bits per heavy atom. The van der Waals surface area contributed by atoms with Gasteiger partial charge in [-0.1, -0.05) is 0 Å². The van der Waals surface area contributed by atoms with Gasteiger partial charge in [0.2, 0.25) is 0 Å². The second kappa shape index (κ2) is 4.81. The fourth-order valence-electron chi connectivity index (χ4n) is 6.75. The standard InChI is InChI=1S/C13H36Ge2Si2/c1-14(2,3)13(15(4,5)6,16(7,8)9)17(10,11)12/h1-12H3. The van der Waals surface area contributed by atoms with E-state index in [1.165, 1.54) is 0 Å². The third kappa shape index (κ3) is 3.00. The van der Waals surface area contributed by atoms with Crippen LogP contribution in [0.5, 0.6) is 0 Å². The molecule has 0 aromatic carbocycles. The molecule has 17 heavy (non-hydrogen) atoms. The average Bonchev–Trinajstić information content (AvgIpc) is 1.67. The average molecular weight is 394 g/mol. The first kappa shape index (κ1) is 18.5. The molecule has 0 unspecified atom stereocenters. The van der Waals surface area contributed by atoms with Crippen LogP contribution in [-0.2, 0) is 0 Å². The van der Waals surface area contributed by atoms with Crippen LogP contribution in [0.1, 0.15) is 0 Å². The molecule has 0 amide bonds. The van der Waals surface area contributed by atoms with Crippen LogP contribution in [0.25, 0.3) is 0 Å². The molecule has 0 N–H and O–H groups in total. The van der Waals surface area contributed by atoms with E-state index in [4.69, 9.17) is 0 Å². The van der Waals surface area contributed by atoms with Crippen molar-refractivity contribution >= 4 is 42.7 Å². The summed E-state index contributed by atoms with van der Waals surface area (Å²) < 4.78 is 0.903. The molecule has 4 heteroatoms. The molecule has 0 aromatic heterocycles. The Kier molecular flexibility index (Phi) is 5.24. The van der Waals surface area contributed by atoms with Crippen molar-refractivity contribution in [3.05, 3.63) is 0 Å². The molecule has 0 spiro atoms. The Morgan fingerprint density at radius 1 is 0.529 bits per heavy atom. The molecule has 0 atom stereocenters. The Hall–Kier alpha value is 1.52. The fraction of sp³-hybridized carbons (Fsp3) is 1.00. The minimum absolute atomic E-state index is 0.903. The number of hydrogen-bond donors (Lipinski definition) is 0. The zero-order valence-corrected chi connectivity index (χ0v) is 20.7. The van der Waals surface area contributed by atoms with Crippen molar-refractivity contribution in [2.45, 2.75) is 76.1 Å². The molecule has 0 aliphatic heterocycles. The zero-order valence-electron chi connectivity index (χ0n) is 14.5. The zero-order chi connectivity index (χ0) is 14.5. The molecule has 0 saturated carbocycles. The Bertz CT molecular complexity index is 210. The monoisotopic (exact) mass is 396 g/mol. The molecule has 0 radical (unpaired) electrons. The summed E-state index contributed by atoms with van der Waals surface area (Å²) in [5, 5.41) is 0. The van der Waals surface area contributed by atoms with Crippen molar-refractivity contribution in [3.63, 3.8) is 0 Å². The van der Waals surface area contributed by atoms with E-state index in [1.54, 1.807) is 0 Å². The predicted molar refractivity (Wildman–Crippen MR) is 96.1 cm³/mol. The van der Waals surface area contributed by atoms with Crippen molar-refractivity contribution in [1.82, 2.24) is 0 Å². The summed E-state index contributed by atoms with van der Waals surface area (Å²) in [6, 6.07) is 0. The first-order valence-corrected chi connectivity index (χ1v) is 28.7.